The maximum absolute atomic E-state index is 14.0. The van der Waals surface area contributed by atoms with Gasteiger partial charge in [-0.1, -0.05) is 5.16 Å². The van der Waals surface area contributed by atoms with Crippen LogP contribution in [0.2, 0.25) is 0 Å². The van der Waals surface area contributed by atoms with E-state index in [1.165, 1.54) is 29.0 Å². The van der Waals surface area contributed by atoms with Gasteiger partial charge in [0.1, 0.15) is 22.2 Å². The molecule has 0 aliphatic carbocycles. The molecular formula is C18H12F5N5O2S. The fraction of sp³-hybridized carbons (Fsp3) is 0.167. The lowest BCUT2D eigenvalue weighted by molar-refractivity contribution is -0.159. The van der Waals surface area contributed by atoms with Crippen LogP contribution in [0.4, 0.5) is 27.6 Å². The zero-order valence-corrected chi connectivity index (χ0v) is 16.6. The molecule has 1 aromatic carbocycles. The van der Waals surface area contributed by atoms with Crippen LogP contribution in [0.1, 0.15) is 11.6 Å². The first-order valence-corrected chi connectivity index (χ1v) is 10.5. The maximum atomic E-state index is 14.0. The predicted octanol–water partition coefficient (Wildman–Crippen LogP) is 4.78. The summed E-state index contributed by atoms with van der Waals surface area (Å²) in [6, 6.07) is 5.53. The van der Waals surface area contributed by atoms with Gasteiger partial charge >= 0.3 is 12.1 Å². The number of aryl methyl sites for hydroxylation is 1. The molecular weight excluding hydrogens is 445 g/mol. The molecule has 1 atom stereocenters. The number of imidazole rings is 1. The van der Waals surface area contributed by atoms with Crippen molar-refractivity contribution in [3.8, 4) is 11.4 Å². The first kappa shape index (κ1) is 20.9. The zero-order valence-electron chi connectivity index (χ0n) is 15.8. The Morgan fingerprint density at radius 3 is 2.52 bits per heavy atom. The molecule has 0 saturated carbocycles. The molecule has 0 amide bonds. The van der Waals surface area contributed by atoms with E-state index in [0.717, 1.165) is 12.1 Å². The summed E-state index contributed by atoms with van der Waals surface area (Å²) < 4.78 is 88.3. The van der Waals surface area contributed by atoms with E-state index in [2.05, 4.69) is 24.0 Å². The number of benzene rings is 1. The van der Waals surface area contributed by atoms with Gasteiger partial charge in [-0.05, 0) is 31.2 Å². The molecule has 0 aliphatic heterocycles. The molecule has 0 saturated heterocycles. The van der Waals surface area contributed by atoms with Crippen LogP contribution in [0.3, 0.4) is 0 Å². The number of hydrogen-bond acceptors (Lipinski definition) is 6. The molecule has 0 fully saturated rings. The van der Waals surface area contributed by atoms with Gasteiger partial charge in [-0.25, -0.2) is 18.0 Å². The third kappa shape index (κ3) is 3.87. The first-order valence-electron chi connectivity index (χ1n) is 8.53. The Kier molecular flexibility index (Phi) is 4.80. The highest BCUT2D eigenvalue weighted by molar-refractivity contribution is 7.93. The number of aromatic nitrogens is 4. The monoisotopic (exact) mass is 457 g/mol. The van der Waals surface area contributed by atoms with Crippen LogP contribution >= 0.6 is 0 Å². The number of halogens is 5. The first-order chi connectivity index (χ1) is 14.5. The van der Waals surface area contributed by atoms with Gasteiger partial charge in [0.05, 0.1) is 15.4 Å². The average Bonchev–Trinajstić information content (AvgIpc) is 3.27. The van der Waals surface area contributed by atoms with Crippen molar-refractivity contribution in [2.45, 2.75) is 18.1 Å². The van der Waals surface area contributed by atoms with Crippen LogP contribution in [0, 0.1) is 18.6 Å². The van der Waals surface area contributed by atoms with Gasteiger partial charge in [0, 0.05) is 24.1 Å². The summed E-state index contributed by atoms with van der Waals surface area (Å²) in [5.74, 6) is -3.65. The average molecular weight is 457 g/mol. The SMILES string of the molecule is Cc1nc2ccc(-c3noc(C(F)(F)F)n3)cn2c1S(C)(=O)=Nc1ccc(F)cc1F. The van der Waals surface area contributed by atoms with E-state index in [4.69, 9.17) is 0 Å². The molecule has 162 valence electrons. The van der Waals surface area contributed by atoms with Crippen LogP contribution in [0.5, 0.6) is 0 Å². The Morgan fingerprint density at radius 2 is 1.87 bits per heavy atom. The quantitative estimate of drug-likeness (QED) is 0.414. The maximum Gasteiger partial charge on any atom is 0.471 e. The molecule has 0 radical (unpaired) electrons. The minimum atomic E-state index is -4.80. The largest absolute Gasteiger partial charge is 0.471 e. The van der Waals surface area contributed by atoms with Crippen molar-refractivity contribution in [3.63, 3.8) is 0 Å². The van der Waals surface area contributed by atoms with Gasteiger partial charge in [-0.2, -0.15) is 22.5 Å². The Balaban J connectivity index is 1.87. The second kappa shape index (κ2) is 7.11. The van der Waals surface area contributed by atoms with E-state index in [1.807, 2.05) is 0 Å². The van der Waals surface area contributed by atoms with E-state index < -0.39 is 33.4 Å². The summed E-state index contributed by atoms with van der Waals surface area (Å²) in [5.41, 5.74) is 0.445. The summed E-state index contributed by atoms with van der Waals surface area (Å²) in [4.78, 5) is 7.59. The van der Waals surface area contributed by atoms with Crippen LogP contribution in [-0.2, 0) is 15.9 Å². The fourth-order valence-electron chi connectivity index (χ4n) is 2.97. The molecule has 4 aromatic rings. The predicted molar refractivity (Wildman–Crippen MR) is 99.0 cm³/mol. The van der Waals surface area contributed by atoms with Gasteiger partial charge in [0.15, 0.2) is 5.82 Å². The van der Waals surface area contributed by atoms with Crippen molar-refractivity contribution in [1.82, 2.24) is 19.5 Å². The lowest BCUT2D eigenvalue weighted by atomic mass is 10.3. The summed E-state index contributed by atoms with van der Waals surface area (Å²) >= 11 is 0. The van der Waals surface area contributed by atoms with Crippen molar-refractivity contribution in [3.05, 3.63) is 59.7 Å². The van der Waals surface area contributed by atoms with Crippen molar-refractivity contribution in [2.24, 2.45) is 4.36 Å². The molecule has 7 nitrogen and oxygen atoms in total. The number of fused-ring (bicyclic) bond motifs is 1. The Bertz CT molecular complexity index is 1430. The van der Waals surface area contributed by atoms with Gasteiger partial charge in [-0.15, -0.1) is 0 Å². The summed E-state index contributed by atoms with van der Waals surface area (Å²) in [6.45, 7) is 1.55. The van der Waals surface area contributed by atoms with Gasteiger partial charge < -0.3 is 4.52 Å². The number of nitrogens with zero attached hydrogens (tertiary/aromatic N) is 5. The van der Waals surface area contributed by atoms with Crippen molar-refractivity contribution < 1.29 is 30.7 Å². The molecule has 31 heavy (non-hydrogen) atoms. The van der Waals surface area contributed by atoms with E-state index in [1.54, 1.807) is 6.92 Å². The van der Waals surface area contributed by atoms with E-state index in [0.29, 0.717) is 17.4 Å². The van der Waals surface area contributed by atoms with Gasteiger partial charge in [0.2, 0.25) is 5.82 Å². The molecule has 13 heteroatoms. The molecule has 0 N–H and O–H groups in total. The number of pyridine rings is 1. The smallest absolute Gasteiger partial charge is 0.329 e. The standard InChI is InChI=1S/C18H12F5N5O2S/c1-9-16(31(2,29)27-13-5-4-11(19)7-12(13)20)28-8-10(3-6-14(28)24-9)15-25-17(30-26-15)18(21,22)23/h3-8H,1-2H3. The normalized spacial score (nSPS) is 14.0. The fourth-order valence-corrected chi connectivity index (χ4v) is 4.69. The Labute approximate surface area is 171 Å². The van der Waals surface area contributed by atoms with E-state index in [-0.39, 0.29) is 22.1 Å². The zero-order chi connectivity index (χ0) is 22.6. The molecule has 0 bridgehead atoms. The Hall–Kier alpha value is -3.35. The number of alkyl halides is 3. The highest BCUT2D eigenvalue weighted by Gasteiger charge is 2.38. The van der Waals surface area contributed by atoms with E-state index >= 15 is 0 Å². The molecule has 3 aromatic heterocycles. The van der Waals surface area contributed by atoms with Crippen LogP contribution in [0.15, 0.2) is 50.4 Å². The summed E-state index contributed by atoms with van der Waals surface area (Å²) in [6.07, 6.45) is -2.23. The molecule has 3 heterocycles. The van der Waals surface area contributed by atoms with Crippen LogP contribution in [0.25, 0.3) is 17.0 Å². The second-order valence-electron chi connectivity index (χ2n) is 6.56. The molecule has 4 rings (SSSR count). The van der Waals surface area contributed by atoms with Crippen LogP contribution < -0.4 is 0 Å². The van der Waals surface area contributed by atoms with Crippen molar-refractivity contribution >= 4 is 21.1 Å². The third-order valence-electron chi connectivity index (χ3n) is 4.21. The van der Waals surface area contributed by atoms with E-state index in [9.17, 15) is 26.2 Å². The molecule has 0 aliphatic rings. The van der Waals surface area contributed by atoms with Crippen molar-refractivity contribution in [2.75, 3.05) is 6.26 Å². The topological polar surface area (TPSA) is 85.6 Å². The minimum absolute atomic E-state index is 0.0904. The van der Waals surface area contributed by atoms with Crippen LogP contribution in [-0.4, -0.2) is 30.0 Å². The number of hydrogen-bond donors (Lipinski definition) is 0. The molecule has 1 unspecified atom stereocenters. The highest BCUT2D eigenvalue weighted by Crippen LogP contribution is 2.30. The second-order valence-corrected chi connectivity index (χ2v) is 8.73. The van der Waals surface area contributed by atoms with Gasteiger partial charge in [-0.3, -0.25) is 4.40 Å². The number of rotatable bonds is 3. The lowest BCUT2D eigenvalue weighted by Gasteiger charge is -2.07. The third-order valence-corrected chi connectivity index (χ3v) is 5.96. The Morgan fingerprint density at radius 1 is 1.13 bits per heavy atom. The van der Waals surface area contributed by atoms with Gasteiger partial charge in [0.25, 0.3) is 0 Å². The lowest BCUT2D eigenvalue weighted by Crippen LogP contribution is -2.05. The summed E-state index contributed by atoms with van der Waals surface area (Å²) in [7, 11) is -3.31. The highest BCUT2D eigenvalue weighted by atomic mass is 32.2. The minimum Gasteiger partial charge on any atom is -0.329 e. The van der Waals surface area contributed by atoms with Crippen molar-refractivity contribution in [1.29, 1.82) is 0 Å². The summed E-state index contributed by atoms with van der Waals surface area (Å²) in [5, 5.41) is 3.42. The molecule has 0 spiro atoms.